The zero-order valence-electron chi connectivity index (χ0n) is 17.5. The maximum Gasteiger partial charge on any atom is 0.335 e. The molecule has 3 aromatic rings. The fourth-order valence-electron chi connectivity index (χ4n) is 2.90. The number of para-hydroxylation sites is 1. The van der Waals surface area contributed by atoms with Crippen molar-refractivity contribution in [3.05, 3.63) is 89.0 Å². The van der Waals surface area contributed by atoms with Crippen molar-refractivity contribution in [3.8, 4) is 0 Å². The predicted molar refractivity (Wildman–Crippen MR) is 123 cm³/mol. The molecule has 32 heavy (non-hydrogen) atoms. The lowest BCUT2D eigenvalue weighted by molar-refractivity contribution is -0.136. The molecule has 0 atom stereocenters. The average molecular weight is 430 g/mol. The van der Waals surface area contributed by atoms with Crippen LogP contribution in [0.4, 0.5) is 17.1 Å². The molecule has 0 aliphatic rings. The van der Waals surface area contributed by atoms with Crippen molar-refractivity contribution in [2.24, 2.45) is 5.10 Å². The van der Waals surface area contributed by atoms with Crippen LogP contribution < -0.4 is 16.1 Å². The molecule has 0 radical (unpaired) electrons. The molecular formula is C24H22N4O4. The number of nitrogens with one attached hydrogen (secondary N) is 3. The summed E-state index contributed by atoms with van der Waals surface area (Å²) >= 11 is 0. The lowest BCUT2D eigenvalue weighted by Gasteiger charge is -2.12. The molecule has 0 fully saturated rings. The van der Waals surface area contributed by atoms with Crippen LogP contribution in [-0.4, -0.2) is 29.1 Å². The van der Waals surface area contributed by atoms with Gasteiger partial charge in [0.05, 0.1) is 11.8 Å². The first-order chi connectivity index (χ1) is 15.3. The minimum absolute atomic E-state index is 0.0605. The van der Waals surface area contributed by atoms with Crippen molar-refractivity contribution >= 4 is 41.1 Å². The molecule has 0 heterocycles. The first-order valence-corrected chi connectivity index (χ1v) is 9.74. The van der Waals surface area contributed by atoms with Gasteiger partial charge in [0.15, 0.2) is 0 Å². The standard InChI is InChI=1S/C24H22N4O4/c1-15-6-5-8-19(12-15)26-22(29)23(30)28-25-14-18-13-17(24(31)32)10-11-21(18)27-20-9-4-3-7-16(20)2/h3-14,27H,1-2H3,(H,26,29)(H,28,30)(H,31,32)/b25-14-. The van der Waals surface area contributed by atoms with Crippen LogP contribution in [0.15, 0.2) is 71.8 Å². The van der Waals surface area contributed by atoms with E-state index in [1.165, 1.54) is 18.3 Å². The Balaban J connectivity index is 1.74. The van der Waals surface area contributed by atoms with Crippen LogP contribution in [0.3, 0.4) is 0 Å². The van der Waals surface area contributed by atoms with E-state index in [-0.39, 0.29) is 5.56 Å². The smallest absolute Gasteiger partial charge is 0.335 e. The Labute approximate surface area is 185 Å². The Morgan fingerprint density at radius 2 is 1.66 bits per heavy atom. The summed E-state index contributed by atoms with van der Waals surface area (Å²) < 4.78 is 0. The van der Waals surface area contributed by atoms with Crippen LogP contribution in [0, 0.1) is 13.8 Å². The third-order valence-corrected chi connectivity index (χ3v) is 4.56. The first-order valence-electron chi connectivity index (χ1n) is 9.74. The summed E-state index contributed by atoms with van der Waals surface area (Å²) in [5.41, 5.74) is 6.50. The summed E-state index contributed by atoms with van der Waals surface area (Å²) in [6.45, 7) is 3.81. The molecule has 0 saturated carbocycles. The highest BCUT2D eigenvalue weighted by Gasteiger charge is 2.13. The van der Waals surface area contributed by atoms with E-state index in [1.807, 2.05) is 44.2 Å². The van der Waals surface area contributed by atoms with Crippen LogP contribution in [0.25, 0.3) is 0 Å². The van der Waals surface area contributed by atoms with E-state index in [4.69, 9.17) is 0 Å². The van der Waals surface area contributed by atoms with E-state index >= 15 is 0 Å². The van der Waals surface area contributed by atoms with E-state index in [1.54, 1.807) is 24.3 Å². The minimum Gasteiger partial charge on any atom is -0.478 e. The monoisotopic (exact) mass is 430 g/mol. The van der Waals surface area contributed by atoms with Gasteiger partial charge in [-0.2, -0.15) is 5.10 Å². The van der Waals surface area contributed by atoms with Gasteiger partial charge in [-0.15, -0.1) is 0 Å². The second-order valence-corrected chi connectivity index (χ2v) is 7.07. The van der Waals surface area contributed by atoms with Crippen LogP contribution >= 0.6 is 0 Å². The normalized spacial score (nSPS) is 10.6. The van der Waals surface area contributed by atoms with Gasteiger partial charge in [0.1, 0.15) is 0 Å². The molecule has 0 aliphatic carbocycles. The van der Waals surface area contributed by atoms with Crippen LogP contribution in [0.2, 0.25) is 0 Å². The van der Waals surface area contributed by atoms with E-state index < -0.39 is 17.8 Å². The zero-order chi connectivity index (χ0) is 23.1. The van der Waals surface area contributed by atoms with Gasteiger partial charge >= 0.3 is 17.8 Å². The largest absolute Gasteiger partial charge is 0.478 e. The molecule has 0 aliphatic heterocycles. The van der Waals surface area contributed by atoms with Gasteiger partial charge in [-0.05, 0) is 61.4 Å². The average Bonchev–Trinajstić information content (AvgIpc) is 2.76. The molecule has 162 valence electrons. The number of hydrogen-bond donors (Lipinski definition) is 4. The first kappa shape index (κ1) is 22.2. The van der Waals surface area contributed by atoms with Gasteiger partial charge < -0.3 is 15.7 Å². The highest BCUT2D eigenvalue weighted by molar-refractivity contribution is 6.39. The van der Waals surface area contributed by atoms with Crippen LogP contribution in [0.1, 0.15) is 27.0 Å². The lowest BCUT2D eigenvalue weighted by atomic mass is 10.1. The number of carboxylic acid groups (broad SMARTS) is 1. The van der Waals surface area contributed by atoms with Crippen molar-refractivity contribution in [1.82, 2.24) is 5.43 Å². The van der Waals surface area contributed by atoms with Crippen molar-refractivity contribution in [1.29, 1.82) is 0 Å². The minimum atomic E-state index is -1.09. The summed E-state index contributed by atoms with van der Waals surface area (Å²) in [4.78, 5) is 35.5. The molecule has 0 bridgehead atoms. The molecule has 3 rings (SSSR count). The molecular weight excluding hydrogens is 408 g/mol. The van der Waals surface area contributed by atoms with E-state index in [9.17, 15) is 19.5 Å². The Kier molecular flexibility index (Phi) is 6.97. The molecule has 0 saturated heterocycles. The molecule has 2 amide bonds. The number of hydrogen-bond acceptors (Lipinski definition) is 5. The molecule has 3 aromatic carbocycles. The molecule has 0 aromatic heterocycles. The van der Waals surface area contributed by atoms with Crippen molar-refractivity contribution in [2.75, 3.05) is 10.6 Å². The Bertz CT molecular complexity index is 1200. The zero-order valence-corrected chi connectivity index (χ0v) is 17.5. The highest BCUT2D eigenvalue weighted by Crippen LogP contribution is 2.23. The van der Waals surface area contributed by atoms with Crippen molar-refractivity contribution < 1.29 is 19.5 Å². The Hall–Kier alpha value is -4.46. The van der Waals surface area contributed by atoms with E-state index in [0.29, 0.717) is 16.9 Å². The Morgan fingerprint density at radius 1 is 0.875 bits per heavy atom. The second-order valence-electron chi connectivity index (χ2n) is 7.07. The number of aryl methyl sites for hydroxylation is 2. The number of aromatic carboxylic acids is 1. The van der Waals surface area contributed by atoms with Crippen LogP contribution in [0.5, 0.6) is 0 Å². The van der Waals surface area contributed by atoms with E-state index in [0.717, 1.165) is 16.8 Å². The number of nitrogens with zero attached hydrogens (tertiary/aromatic N) is 1. The highest BCUT2D eigenvalue weighted by atomic mass is 16.4. The summed E-state index contributed by atoms with van der Waals surface area (Å²) in [6, 6.07) is 19.1. The molecule has 0 spiro atoms. The topological polar surface area (TPSA) is 120 Å². The van der Waals surface area contributed by atoms with E-state index in [2.05, 4.69) is 21.2 Å². The predicted octanol–water partition coefficient (Wildman–Crippen LogP) is 3.83. The van der Waals surface area contributed by atoms with Gasteiger partial charge in [0, 0.05) is 22.6 Å². The molecule has 0 unspecified atom stereocenters. The number of hydrazone groups is 1. The maximum absolute atomic E-state index is 12.1. The lowest BCUT2D eigenvalue weighted by Crippen LogP contribution is -2.32. The van der Waals surface area contributed by atoms with Gasteiger partial charge in [0.25, 0.3) is 0 Å². The Morgan fingerprint density at radius 3 is 2.38 bits per heavy atom. The van der Waals surface area contributed by atoms with Crippen molar-refractivity contribution in [3.63, 3.8) is 0 Å². The molecule has 8 nitrogen and oxygen atoms in total. The number of carbonyl (C=O) groups is 3. The van der Waals surface area contributed by atoms with Gasteiger partial charge in [0.2, 0.25) is 0 Å². The van der Waals surface area contributed by atoms with Crippen molar-refractivity contribution in [2.45, 2.75) is 13.8 Å². The van der Waals surface area contributed by atoms with Gasteiger partial charge in [-0.1, -0.05) is 30.3 Å². The quantitative estimate of drug-likeness (QED) is 0.269. The SMILES string of the molecule is Cc1cccc(NC(=O)C(=O)N/N=C\c2cc(C(=O)O)ccc2Nc2ccccc2C)c1. The van der Waals surface area contributed by atoms with Crippen LogP contribution in [-0.2, 0) is 9.59 Å². The third-order valence-electron chi connectivity index (χ3n) is 4.56. The number of carbonyl (C=O) groups excluding carboxylic acids is 2. The number of amides is 2. The fraction of sp³-hybridized carbons (Fsp3) is 0.0833. The molecule has 4 N–H and O–H groups in total. The number of anilines is 3. The summed E-state index contributed by atoms with van der Waals surface area (Å²) in [5, 5.41) is 18.8. The summed E-state index contributed by atoms with van der Waals surface area (Å²) in [5.74, 6) is -2.92. The number of benzene rings is 3. The third kappa shape index (κ3) is 5.79. The van der Waals surface area contributed by atoms with Gasteiger partial charge in [-0.25, -0.2) is 10.2 Å². The summed E-state index contributed by atoms with van der Waals surface area (Å²) in [6.07, 6.45) is 1.28. The number of rotatable bonds is 6. The fourth-order valence-corrected chi connectivity index (χ4v) is 2.90. The van der Waals surface area contributed by atoms with Gasteiger partial charge in [-0.3, -0.25) is 9.59 Å². The maximum atomic E-state index is 12.1. The second kappa shape index (κ2) is 10.0. The number of carboxylic acids is 1. The summed E-state index contributed by atoms with van der Waals surface area (Å²) in [7, 11) is 0. The molecule has 8 heteroatoms.